The summed E-state index contributed by atoms with van der Waals surface area (Å²) in [5.41, 5.74) is 10.8. The number of nitrogens with zero attached hydrogens (tertiary/aromatic N) is 1. The van der Waals surface area contributed by atoms with Gasteiger partial charge in [0.25, 0.3) is 0 Å². The molecule has 8 aromatic rings. The number of para-hydroxylation sites is 4. The van der Waals surface area contributed by atoms with Crippen molar-refractivity contribution in [2.75, 3.05) is 0 Å². The van der Waals surface area contributed by atoms with Crippen LogP contribution in [0.2, 0.25) is 0 Å². The second-order valence-corrected chi connectivity index (χ2v) is 9.90. The Balaban J connectivity index is 1.28. The second-order valence-electron chi connectivity index (χ2n) is 9.90. The number of hydrogen-bond donors (Lipinski definition) is 1. The standard InChI is InChI=1S/C36H24N2/c1-4-19-33-29(14-1)32-18-9-17-28(36(32)37-33)26-12-7-10-24(22-26)25-11-8-13-27(23-25)38-34-20-5-2-15-30(34)31-16-3-6-21-35(31)38/h1-23,37H. The van der Waals surface area contributed by atoms with Crippen LogP contribution in [-0.4, -0.2) is 9.55 Å². The fourth-order valence-corrected chi connectivity index (χ4v) is 6.01. The lowest BCUT2D eigenvalue weighted by Gasteiger charge is -2.11. The first-order chi connectivity index (χ1) is 18.8. The first kappa shape index (κ1) is 21.0. The Hall–Kier alpha value is -5.08. The van der Waals surface area contributed by atoms with Crippen molar-refractivity contribution >= 4 is 43.6 Å². The molecule has 2 heterocycles. The molecule has 0 atom stereocenters. The van der Waals surface area contributed by atoms with Gasteiger partial charge in [0.05, 0.1) is 16.6 Å². The van der Waals surface area contributed by atoms with Crippen molar-refractivity contribution in [2.45, 2.75) is 0 Å². The van der Waals surface area contributed by atoms with E-state index in [4.69, 9.17) is 0 Å². The highest BCUT2D eigenvalue weighted by atomic mass is 15.0. The van der Waals surface area contributed by atoms with Crippen LogP contribution in [0.15, 0.2) is 140 Å². The molecule has 1 N–H and O–H groups in total. The second kappa shape index (κ2) is 8.22. The SMILES string of the molecule is c1cc(-c2cccc(-n3c4ccccc4c4ccccc43)c2)cc(-c2cccc3c2[nH]c2ccccc23)c1. The van der Waals surface area contributed by atoms with Gasteiger partial charge >= 0.3 is 0 Å². The van der Waals surface area contributed by atoms with Crippen molar-refractivity contribution in [3.8, 4) is 27.9 Å². The minimum Gasteiger partial charge on any atom is -0.354 e. The van der Waals surface area contributed by atoms with E-state index in [0.29, 0.717) is 0 Å². The van der Waals surface area contributed by atoms with E-state index in [-0.39, 0.29) is 0 Å². The largest absolute Gasteiger partial charge is 0.354 e. The van der Waals surface area contributed by atoms with Gasteiger partial charge in [-0.25, -0.2) is 0 Å². The average molecular weight is 485 g/mol. The van der Waals surface area contributed by atoms with Crippen LogP contribution in [0.3, 0.4) is 0 Å². The molecule has 0 fully saturated rings. The lowest BCUT2D eigenvalue weighted by Crippen LogP contribution is -1.94. The topological polar surface area (TPSA) is 20.7 Å². The van der Waals surface area contributed by atoms with Crippen molar-refractivity contribution < 1.29 is 0 Å². The van der Waals surface area contributed by atoms with Crippen molar-refractivity contribution in [1.82, 2.24) is 9.55 Å². The smallest absolute Gasteiger partial charge is 0.0544 e. The Labute approximate surface area is 220 Å². The van der Waals surface area contributed by atoms with E-state index in [1.165, 1.54) is 71.6 Å². The molecule has 6 aromatic carbocycles. The van der Waals surface area contributed by atoms with Gasteiger partial charge in [0.2, 0.25) is 0 Å². The zero-order valence-corrected chi connectivity index (χ0v) is 20.7. The monoisotopic (exact) mass is 484 g/mol. The molecule has 2 aromatic heterocycles. The maximum atomic E-state index is 3.66. The van der Waals surface area contributed by atoms with Gasteiger partial charge in [0, 0.05) is 38.3 Å². The minimum atomic E-state index is 1.17. The fourth-order valence-electron chi connectivity index (χ4n) is 6.01. The van der Waals surface area contributed by atoms with Crippen LogP contribution >= 0.6 is 0 Å². The van der Waals surface area contributed by atoms with Crippen LogP contribution in [0.4, 0.5) is 0 Å². The summed E-state index contributed by atoms with van der Waals surface area (Å²) >= 11 is 0. The number of H-pyrrole nitrogens is 1. The minimum absolute atomic E-state index is 1.17. The van der Waals surface area contributed by atoms with Gasteiger partial charge in [0.15, 0.2) is 0 Å². The van der Waals surface area contributed by atoms with Gasteiger partial charge in [-0.05, 0) is 53.1 Å². The first-order valence-electron chi connectivity index (χ1n) is 13.0. The summed E-state index contributed by atoms with van der Waals surface area (Å²) < 4.78 is 2.38. The predicted molar refractivity (Wildman–Crippen MR) is 161 cm³/mol. The molecule has 0 aliphatic rings. The van der Waals surface area contributed by atoms with E-state index < -0.39 is 0 Å². The summed E-state index contributed by atoms with van der Waals surface area (Å²) in [4.78, 5) is 3.66. The van der Waals surface area contributed by atoms with Gasteiger partial charge in [-0.1, -0.05) is 103 Å². The number of fused-ring (bicyclic) bond motifs is 6. The quantitative estimate of drug-likeness (QED) is 0.258. The number of rotatable bonds is 3. The summed E-state index contributed by atoms with van der Waals surface area (Å²) in [5.74, 6) is 0. The molecule has 38 heavy (non-hydrogen) atoms. The van der Waals surface area contributed by atoms with Crippen LogP contribution in [0.25, 0.3) is 71.6 Å². The third-order valence-corrected chi connectivity index (χ3v) is 7.73. The summed E-state index contributed by atoms with van der Waals surface area (Å²) in [6.45, 7) is 0. The van der Waals surface area contributed by atoms with Gasteiger partial charge in [-0.2, -0.15) is 0 Å². The summed E-state index contributed by atoms with van der Waals surface area (Å²) in [6.07, 6.45) is 0. The molecule has 0 aliphatic heterocycles. The molecule has 0 saturated heterocycles. The number of nitrogens with one attached hydrogen (secondary N) is 1. The third-order valence-electron chi connectivity index (χ3n) is 7.73. The Morgan fingerprint density at radius 3 is 1.79 bits per heavy atom. The molecule has 8 rings (SSSR count). The van der Waals surface area contributed by atoms with E-state index in [1.54, 1.807) is 0 Å². The molecule has 2 nitrogen and oxygen atoms in total. The normalized spacial score (nSPS) is 11.7. The van der Waals surface area contributed by atoms with Crippen molar-refractivity contribution in [3.63, 3.8) is 0 Å². The number of aromatic amines is 1. The van der Waals surface area contributed by atoms with Crippen molar-refractivity contribution in [1.29, 1.82) is 0 Å². The number of aromatic nitrogens is 2. The third kappa shape index (κ3) is 3.14. The van der Waals surface area contributed by atoms with E-state index in [9.17, 15) is 0 Å². The van der Waals surface area contributed by atoms with Gasteiger partial charge in [-0.15, -0.1) is 0 Å². The summed E-state index contributed by atoms with van der Waals surface area (Å²) in [5, 5.41) is 5.08. The Bertz CT molecular complexity index is 2090. The Kier molecular flexibility index (Phi) is 4.55. The maximum absolute atomic E-state index is 3.66. The van der Waals surface area contributed by atoms with E-state index >= 15 is 0 Å². The molecular weight excluding hydrogens is 460 g/mol. The summed E-state index contributed by atoms with van der Waals surface area (Å²) in [6, 6.07) is 50.2. The zero-order valence-electron chi connectivity index (χ0n) is 20.7. The van der Waals surface area contributed by atoms with Crippen LogP contribution in [0, 0.1) is 0 Å². The average Bonchev–Trinajstić information content (AvgIpc) is 3.53. The van der Waals surface area contributed by atoms with E-state index in [1.807, 2.05) is 0 Å². The first-order valence-corrected chi connectivity index (χ1v) is 13.0. The maximum Gasteiger partial charge on any atom is 0.0544 e. The molecule has 0 bridgehead atoms. The molecule has 0 amide bonds. The molecule has 0 aliphatic carbocycles. The lowest BCUT2D eigenvalue weighted by atomic mass is 9.97. The molecule has 0 unspecified atom stereocenters. The Morgan fingerprint density at radius 2 is 1.00 bits per heavy atom. The highest BCUT2D eigenvalue weighted by Gasteiger charge is 2.13. The van der Waals surface area contributed by atoms with E-state index in [0.717, 1.165) is 0 Å². The van der Waals surface area contributed by atoms with Crippen molar-refractivity contribution in [2.24, 2.45) is 0 Å². The Morgan fingerprint density at radius 1 is 0.421 bits per heavy atom. The molecule has 0 spiro atoms. The van der Waals surface area contributed by atoms with Crippen LogP contribution in [0.5, 0.6) is 0 Å². The van der Waals surface area contributed by atoms with Crippen LogP contribution in [-0.2, 0) is 0 Å². The molecule has 2 heteroatoms. The van der Waals surface area contributed by atoms with Gasteiger partial charge in [0.1, 0.15) is 0 Å². The fraction of sp³-hybridized carbons (Fsp3) is 0. The predicted octanol–water partition coefficient (Wildman–Crippen LogP) is 9.75. The highest BCUT2D eigenvalue weighted by molar-refractivity contribution is 6.12. The van der Waals surface area contributed by atoms with Crippen LogP contribution < -0.4 is 0 Å². The van der Waals surface area contributed by atoms with Crippen LogP contribution in [0.1, 0.15) is 0 Å². The molecular formula is C36H24N2. The van der Waals surface area contributed by atoms with Crippen molar-refractivity contribution in [3.05, 3.63) is 140 Å². The molecule has 0 radical (unpaired) electrons. The van der Waals surface area contributed by atoms with E-state index in [2.05, 4.69) is 149 Å². The lowest BCUT2D eigenvalue weighted by molar-refractivity contribution is 1.18. The number of benzene rings is 6. The highest BCUT2D eigenvalue weighted by Crippen LogP contribution is 2.36. The van der Waals surface area contributed by atoms with Gasteiger partial charge < -0.3 is 9.55 Å². The molecule has 0 saturated carbocycles. The number of hydrogen-bond acceptors (Lipinski definition) is 0. The van der Waals surface area contributed by atoms with Gasteiger partial charge in [-0.3, -0.25) is 0 Å². The molecule has 178 valence electrons. The summed E-state index contributed by atoms with van der Waals surface area (Å²) in [7, 11) is 0. The zero-order chi connectivity index (χ0) is 25.1.